The number of nitrogens with one attached hydrogen (secondary N) is 3. The molecule has 146 valence electrons. The van der Waals surface area contributed by atoms with Crippen molar-refractivity contribution in [3.63, 3.8) is 0 Å². The largest absolute Gasteiger partial charge is 0.361 e. The monoisotopic (exact) mass is 385 g/mol. The maximum absolute atomic E-state index is 13.4. The average molecular weight is 385 g/mol. The van der Waals surface area contributed by atoms with E-state index in [0.717, 1.165) is 28.6 Å². The number of H-pyrrole nitrogens is 1. The number of amides is 2. The van der Waals surface area contributed by atoms with E-state index < -0.39 is 23.6 Å². The van der Waals surface area contributed by atoms with E-state index in [4.69, 9.17) is 0 Å². The van der Waals surface area contributed by atoms with Crippen molar-refractivity contribution < 1.29 is 18.4 Å². The summed E-state index contributed by atoms with van der Waals surface area (Å²) >= 11 is 0. The summed E-state index contributed by atoms with van der Waals surface area (Å²) in [6.45, 7) is 3.46. The van der Waals surface area contributed by atoms with E-state index in [9.17, 15) is 18.4 Å². The molecule has 1 atom stereocenters. The predicted molar refractivity (Wildman–Crippen MR) is 104 cm³/mol. The molecule has 2 aromatic carbocycles. The summed E-state index contributed by atoms with van der Waals surface area (Å²) in [5.74, 6) is -3.14. The van der Waals surface area contributed by atoms with Gasteiger partial charge < -0.3 is 15.6 Å². The minimum absolute atomic E-state index is 0.117. The third kappa shape index (κ3) is 4.36. The summed E-state index contributed by atoms with van der Waals surface area (Å²) in [7, 11) is 0. The minimum Gasteiger partial charge on any atom is -0.361 e. The second-order valence-electron chi connectivity index (χ2n) is 6.90. The first-order valence-electron chi connectivity index (χ1n) is 8.96. The van der Waals surface area contributed by atoms with E-state index >= 15 is 0 Å². The number of aromatic amines is 1. The van der Waals surface area contributed by atoms with Crippen LogP contribution in [-0.2, 0) is 16.0 Å². The third-order valence-corrected chi connectivity index (χ3v) is 4.44. The number of hydrogen-bond acceptors (Lipinski definition) is 2. The Bertz CT molecular complexity index is 1010. The van der Waals surface area contributed by atoms with Crippen molar-refractivity contribution in [3.05, 3.63) is 65.9 Å². The zero-order chi connectivity index (χ0) is 20.3. The SMILES string of the molecule is CC(C)C(=O)NC(Cc1c[nH]c2ccccc12)C(=O)Nc1ccc(F)c(F)c1. The molecule has 28 heavy (non-hydrogen) atoms. The number of carbonyl (C=O) groups excluding carboxylic acids is 2. The topological polar surface area (TPSA) is 74.0 Å². The second kappa shape index (κ2) is 8.21. The summed E-state index contributed by atoms with van der Waals surface area (Å²) in [4.78, 5) is 28.1. The van der Waals surface area contributed by atoms with Crippen LogP contribution in [0, 0.1) is 17.6 Å². The molecule has 0 saturated carbocycles. The predicted octanol–water partition coefficient (Wildman–Crippen LogP) is 3.77. The average Bonchev–Trinajstić information content (AvgIpc) is 3.07. The first-order valence-corrected chi connectivity index (χ1v) is 8.96. The second-order valence-corrected chi connectivity index (χ2v) is 6.90. The van der Waals surface area contributed by atoms with Gasteiger partial charge in [-0.2, -0.15) is 0 Å². The van der Waals surface area contributed by atoms with Crippen molar-refractivity contribution in [1.82, 2.24) is 10.3 Å². The lowest BCUT2D eigenvalue weighted by molar-refractivity contribution is -0.128. The van der Waals surface area contributed by atoms with Crippen molar-refractivity contribution in [1.29, 1.82) is 0 Å². The van der Waals surface area contributed by atoms with Crippen LogP contribution in [0.1, 0.15) is 19.4 Å². The molecule has 0 saturated heterocycles. The van der Waals surface area contributed by atoms with Crippen molar-refractivity contribution >= 4 is 28.4 Å². The Morgan fingerprint density at radius 1 is 1.04 bits per heavy atom. The summed E-state index contributed by atoms with van der Waals surface area (Å²) in [5, 5.41) is 6.23. The Morgan fingerprint density at radius 2 is 1.79 bits per heavy atom. The van der Waals surface area contributed by atoms with Gasteiger partial charge in [-0.05, 0) is 23.8 Å². The molecule has 3 aromatic rings. The molecule has 0 aliphatic heterocycles. The molecular formula is C21H21F2N3O2. The van der Waals surface area contributed by atoms with Gasteiger partial charge in [0.25, 0.3) is 0 Å². The van der Waals surface area contributed by atoms with Gasteiger partial charge >= 0.3 is 0 Å². The molecule has 0 radical (unpaired) electrons. The summed E-state index contributed by atoms with van der Waals surface area (Å²) in [5.41, 5.74) is 1.91. The molecule has 0 aliphatic rings. The summed E-state index contributed by atoms with van der Waals surface area (Å²) < 4.78 is 26.5. The molecular weight excluding hydrogens is 364 g/mol. The molecule has 0 bridgehead atoms. The third-order valence-electron chi connectivity index (χ3n) is 4.44. The molecule has 0 aliphatic carbocycles. The number of aromatic nitrogens is 1. The Balaban J connectivity index is 1.84. The Hall–Kier alpha value is -3.22. The van der Waals surface area contributed by atoms with Gasteiger partial charge in [-0.3, -0.25) is 9.59 Å². The number of anilines is 1. The van der Waals surface area contributed by atoms with Crippen molar-refractivity contribution in [2.45, 2.75) is 26.3 Å². The zero-order valence-corrected chi connectivity index (χ0v) is 15.6. The quantitative estimate of drug-likeness (QED) is 0.604. The fourth-order valence-electron chi connectivity index (χ4n) is 2.87. The van der Waals surface area contributed by atoms with Crippen LogP contribution in [0.5, 0.6) is 0 Å². The number of carbonyl (C=O) groups is 2. The first kappa shape index (κ1) is 19.5. The molecule has 3 N–H and O–H groups in total. The number of benzene rings is 2. The highest BCUT2D eigenvalue weighted by Gasteiger charge is 2.24. The first-order chi connectivity index (χ1) is 13.3. The number of fused-ring (bicyclic) bond motifs is 1. The Morgan fingerprint density at radius 3 is 2.50 bits per heavy atom. The maximum Gasteiger partial charge on any atom is 0.247 e. The molecule has 0 fully saturated rings. The number of halogens is 2. The van der Waals surface area contributed by atoms with Crippen molar-refractivity contribution in [2.75, 3.05) is 5.32 Å². The Labute approximate surface area is 161 Å². The number of rotatable bonds is 6. The van der Waals surface area contributed by atoms with Crippen LogP contribution < -0.4 is 10.6 Å². The van der Waals surface area contributed by atoms with Gasteiger partial charge in [0.15, 0.2) is 11.6 Å². The highest BCUT2D eigenvalue weighted by molar-refractivity contribution is 5.98. The van der Waals surface area contributed by atoms with E-state index in [1.54, 1.807) is 20.0 Å². The molecule has 1 unspecified atom stereocenters. The van der Waals surface area contributed by atoms with E-state index in [2.05, 4.69) is 15.6 Å². The van der Waals surface area contributed by atoms with Crippen LogP contribution in [0.3, 0.4) is 0 Å². The molecule has 3 rings (SSSR count). The molecule has 0 spiro atoms. The van der Waals surface area contributed by atoms with Crippen LogP contribution in [-0.4, -0.2) is 22.8 Å². The van der Waals surface area contributed by atoms with Crippen molar-refractivity contribution in [3.8, 4) is 0 Å². The number of hydrogen-bond donors (Lipinski definition) is 3. The molecule has 7 heteroatoms. The van der Waals surface area contributed by atoms with Crippen molar-refractivity contribution in [2.24, 2.45) is 5.92 Å². The lowest BCUT2D eigenvalue weighted by Crippen LogP contribution is -2.46. The highest BCUT2D eigenvalue weighted by Crippen LogP contribution is 2.20. The van der Waals surface area contributed by atoms with E-state index in [0.29, 0.717) is 0 Å². The summed E-state index contributed by atoms with van der Waals surface area (Å²) in [6.07, 6.45) is 2.04. The zero-order valence-electron chi connectivity index (χ0n) is 15.6. The molecule has 5 nitrogen and oxygen atoms in total. The summed E-state index contributed by atoms with van der Waals surface area (Å²) in [6, 6.07) is 9.87. The normalized spacial score (nSPS) is 12.2. The van der Waals surface area contributed by atoms with Crippen LogP contribution >= 0.6 is 0 Å². The maximum atomic E-state index is 13.4. The fraction of sp³-hybridized carbons (Fsp3) is 0.238. The van der Waals surface area contributed by atoms with Crippen LogP contribution in [0.25, 0.3) is 10.9 Å². The van der Waals surface area contributed by atoms with E-state index in [-0.39, 0.29) is 23.9 Å². The van der Waals surface area contributed by atoms with Gasteiger partial charge in [0.2, 0.25) is 11.8 Å². The molecule has 1 heterocycles. The van der Waals surface area contributed by atoms with Gasteiger partial charge in [-0.1, -0.05) is 32.0 Å². The van der Waals surface area contributed by atoms with E-state index in [1.807, 2.05) is 24.3 Å². The van der Waals surface area contributed by atoms with Crippen LogP contribution in [0.4, 0.5) is 14.5 Å². The minimum atomic E-state index is -1.06. The highest BCUT2D eigenvalue weighted by atomic mass is 19.2. The lowest BCUT2D eigenvalue weighted by Gasteiger charge is -2.19. The standard InChI is InChI=1S/C21H21F2N3O2/c1-12(2)20(27)26-19(9-13-11-24-18-6-4-3-5-15(13)18)21(28)25-14-7-8-16(22)17(23)10-14/h3-8,10-12,19,24H,9H2,1-2H3,(H,25,28)(H,26,27). The molecule has 1 aromatic heterocycles. The van der Waals surface area contributed by atoms with Gasteiger partial charge in [0, 0.05) is 41.2 Å². The van der Waals surface area contributed by atoms with Gasteiger partial charge in [-0.25, -0.2) is 8.78 Å². The van der Waals surface area contributed by atoms with Gasteiger partial charge in [0.1, 0.15) is 6.04 Å². The fourth-order valence-corrected chi connectivity index (χ4v) is 2.87. The van der Waals surface area contributed by atoms with Crippen LogP contribution in [0.2, 0.25) is 0 Å². The van der Waals surface area contributed by atoms with E-state index in [1.165, 1.54) is 6.07 Å². The van der Waals surface area contributed by atoms with Gasteiger partial charge in [-0.15, -0.1) is 0 Å². The smallest absolute Gasteiger partial charge is 0.247 e. The lowest BCUT2D eigenvalue weighted by atomic mass is 10.0. The van der Waals surface area contributed by atoms with Crippen LogP contribution in [0.15, 0.2) is 48.7 Å². The Kier molecular flexibility index (Phi) is 5.73. The molecule has 2 amide bonds. The number of para-hydroxylation sites is 1. The van der Waals surface area contributed by atoms with Gasteiger partial charge in [0.05, 0.1) is 0 Å².